The monoisotopic (exact) mass is 378 g/mol. The zero-order chi connectivity index (χ0) is 17.6. The van der Waals surface area contributed by atoms with Crippen LogP contribution in [0.5, 0.6) is 0 Å². The van der Waals surface area contributed by atoms with Crippen LogP contribution in [0, 0.1) is 5.92 Å². The number of rotatable bonds is 7. The molecule has 2 aliphatic rings. The summed E-state index contributed by atoms with van der Waals surface area (Å²) in [5, 5.41) is 3.07. The summed E-state index contributed by atoms with van der Waals surface area (Å²) in [7, 11) is 0. The summed E-state index contributed by atoms with van der Waals surface area (Å²) in [6.07, 6.45) is 9.93. The van der Waals surface area contributed by atoms with E-state index in [9.17, 15) is 9.59 Å². The molecule has 2 aliphatic carbocycles. The maximum Gasteiger partial charge on any atom is 0.220 e. The number of hydrogen-bond donors (Lipinski definition) is 2. The first-order chi connectivity index (χ1) is 12.2. The lowest BCUT2D eigenvalue weighted by Crippen LogP contribution is -2.45. The van der Waals surface area contributed by atoms with E-state index in [0.717, 1.165) is 31.2 Å². The number of nitrogens with two attached hydrogens (primary N) is 1. The highest BCUT2D eigenvalue weighted by Gasteiger charge is 2.24. The Morgan fingerprint density at radius 2 is 1.77 bits per heavy atom. The average Bonchev–Trinajstić information content (AvgIpc) is 3.12. The van der Waals surface area contributed by atoms with E-state index in [1.54, 1.807) is 0 Å². The van der Waals surface area contributed by atoms with Crippen molar-refractivity contribution >= 4 is 24.1 Å². The van der Waals surface area contributed by atoms with Gasteiger partial charge in [0.15, 0.2) is 5.78 Å². The molecule has 5 heteroatoms. The molecule has 3 N–H and O–H groups in total. The average molecular weight is 379 g/mol. The SMILES string of the molecule is Cl.NCC(NC(=O)CCC(=O)c1ccc2c(c1)CCC2)C1CCCCC1. The number of hydrogen-bond acceptors (Lipinski definition) is 3. The Hall–Kier alpha value is -1.39. The zero-order valence-corrected chi connectivity index (χ0v) is 16.3. The molecule has 1 aromatic rings. The second kappa shape index (κ2) is 10.1. The van der Waals surface area contributed by atoms with Gasteiger partial charge in [-0.05, 0) is 55.2 Å². The van der Waals surface area contributed by atoms with E-state index >= 15 is 0 Å². The van der Waals surface area contributed by atoms with Crippen LogP contribution >= 0.6 is 12.4 Å². The van der Waals surface area contributed by atoms with E-state index < -0.39 is 0 Å². The van der Waals surface area contributed by atoms with Gasteiger partial charge in [-0.25, -0.2) is 0 Å². The molecule has 0 aromatic heterocycles. The molecule has 1 atom stereocenters. The third kappa shape index (κ3) is 5.31. The van der Waals surface area contributed by atoms with Crippen LogP contribution in [0.4, 0.5) is 0 Å². The van der Waals surface area contributed by atoms with Gasteiger partial charge < -0.3 is 11.1 Å². The summed E-state index contributed by atoms with van der Waals surface area (Å²) in [5.41, 5.74) is 9.29. The van der Waals surface area contributed by atoms with E-state index in [2.05, 4.69) is 11.4 Å². The topological polar surface area (TPSA) is 72.2 Å². The van der Waals surface area contributed by atoms with Gasteiger partial charge in [0.05, 0.1) is 0 Å². The first-order valence-corrected chi connectivity index (χ1v) is 9.82. The summed E-state index contributed by atoms with van der Waals surface area (Å²) < 4.78 is 0. The fraction of sp³-hybridized carbons (Fsp3) is 0.619. The molecular formula is C21H31ClN2O2. The predicted molar refractivity (Wildman–Crippen MR) is 107 cm³/mol. The molecule has 4 nitrogen and oxygen atoms in total. The number of fused-ring (bicyclic) bond motifs is 1. The van der Waals surface area contributed by atoms with E-state index in [4.69, 9.17) is 5.73 Å². The van der Waals surface area contributed by atoms with Crippen molar-refractivity contribution in [2.75, 3.05) is 6.54 Å². The first kappa shape index (κ1) is 20.9. The Morgan fingerprint density at radius 1 is 1.04 bits per heavy atom. The van der Waals surface area contributed by atoms with Gasteiger partial charge in [-0.15, -0.1) is 12.4 Å². The molecule has 1 aromatic carbocycles. The molecular weight excluding hydrogens is 348 g/mol. The second-order valence-electron chi connectivity index (χ2n) is 7.57. The van der Waals surface area contributed by atoms with Gasteiger partial charge in [-0.2, -0.15) is 0 Å². The minimum atomic E-state index is -0.0458. The summed E-state index contributed by atoms with van der Waals surface area (Å²) in [6.45, 7) is 0.481. The second-order valence-corrected chi connectivity index (χ2v) is 7.57. The smallest absolute Gasteiger partial charge is 0.220 e. The standard InChI is InChI=1S/C21H30N2O2.ClH/c22-14-19(16-5-2-1-3-6-16)23-21(25)12-11-20(24)18-10-9-15-7-4-8-17(15)13-18;/h9-10,13,16,19H,1-8,11-12,14,22H2,(H,23,25);1H. The van der Waals surface area contributed by atoms with Crippen LogP contribution in [0.1, 0.15) is 72.9 Å². The molecule has 0 heterocycles. The highest BCUT2D eigenvalue weighted by molar-refractivity contribution is 5.98. The number of halogens is 1. The van der Waals surface area contributed by atoms with Gasteiger partial charge >= 0.3 is 0 Å². The Balaban J connectivity index is 0.00000243. The third-order valence-corrected chi connectivity index (χ3v) is 5.82. The van der Waals surface area contributed by atoms with Crippen LogP contribution in [-0.4, -0.2) is 24.3 Å². The number of amides is 1. The van der Waals surface area contributed by atoms with Crippen LogP contribution in [0.2, 0.25) is 0 Å². The number of ketones is 1. The highest BCUT2D eigenvalue weighted by atomic mass is 35.5. The van der Waals surface area contributed by atoms with Crippen LogP contribution in [0.25, 0.3) is 0 Å². The summed E-state index contributed by atoms with van der Waals surface area (Å²) in [4.78, 5) is 24.7. The van der Waals surface area contributed by atoms with Crippen LogP contribution < -0.4 is 11.1 Å². The minimum Gasteiger partial charge on any atom is -0.352 e. The Kier molecular flexibility index (Phi) is 8.11. The molecule has 0 bridgehead atoms. The molecule has 0 spiro atoms. The zero-order valence-electron chi connectivity index (χ0n) is 15.5. The van der Waals surface area contributed by atoms with Crippen molar-refractivity contribution in [3.05, 3.63) is 34.9 Å². The van der Waals surface area contributed by atoms with Gasteiger partial charge in [0, 0.05) is 31.0 Å². The molecule has 1 unspecified atom stereocenters. The lowest BCUT2D eigenvalue weighted by Gasteiger charge is -2.30. The molecule has 1 fully saturated rings. The van der Waals surface area contributed by atoms with Gasteiger partial charge in [0.25, 0.3) is 0 Å². The third-order valence-electron chi connectivity index (χ3n) is 5.82. The van der Waals surface area contributed by atoms with Gasteiger partial charge in [-0.3, -0.25) is 9.59 Å². The molecule has 1 saturated carbocycles. The van der Waals surface area contributed by atoms with E-state index in [0.29, 0.717) is 12.5 Å². The number of aryl methyl sites for hydroxylation is 2. The maximum absolute atomic E-state index is 12.4. The normalized spacial score (nSPS) is 17.9. The first-order valence-electron chi connectivity index (χ1n) is 9.82. The fourth-order valence-corrected chi connectivity index (χ4v) is 4.30. The van der Waals surface area contributed by atoms with Crippen molar-refractivity contribution < 1.29 is 9.59 Å². The molecule has 26 heavy (non-hydrogen) atoms. The molecule has 144 valence electrons. The molecule has 0 saturated heterocycles. The summed E-state index contributed by atoms with van der Waals surface area (Å²) in [5.74, 6) is 0.512. The lowest BCUT2D eigenvalue weighted by atomic mass is 9.84. The van der Waals surface area contributed by atoms with E-state index in [1.165, 1.54) is 36.8 Å². The van der Waals surface area contributed by atoms with E-state index in [-0.39, 0.29) is 43.0 Å². The lowest BCUT2D eigenvalue weighted by molar-refractivity contribution is -0.122. The van der Waals surface area contributed by atoms with Crippen molar-refractivity contribution in [1.29, 1.82) is 0 Å². The largest absolute Gasteiger partial charge is 0.352 e. The van der Waals surface area contributed by atoms with Crippen LogP contribution in [0.3, 0.4) is 0 Å². The van der Waals surface area contributed by atoms with Crippen molar-refractivity contribution in [1.82, 2.24) is 5.32 Å². The summed E-state index contributed by atoms with van der Waals surface area (Å²) in [6, 6.07) is 6.06. The van der Waals surface area contributed by atoms with Crippen LogP contribution in [-0.2, 0) is 17.6 Å². The fourth-order valence-electron chi connectivity index (χ4n) is 4.30. The van der Waals surface area contributed by atoms with Crippen molar-refractivity contribution in [2.24, 2.45) is 11.7 Å². The number of carbonyl (C=O) groups is 2. The Bertz CT molecular complexity index is 626. The molecule has 0 radical (unpaired) electrons. The predicted octanol–water partition coefficient (Wildman–Crippen LogP) is 3.58. The quantitative estimate of drug-likeness (QED) is 0.712. The van der Waals surface area contributed by atoms with E-state index in [1.807, 2.05) is 12.1 Å². The van der Waals surface area contributed by atoms with Gasteiger partial charge in [0.2, 0.25) is 5.91 Å². The Morgan fingerprint density at radius 3 is 2.50 bits per heavy atom. The van der Waals surface area contributed by atoms with Crippen molar-refractivity contribution in [3.63, 3.8) is 0 Å². The Labute approximate surface area is 162 Å². The van der Waals surface area contributed by atoms with Gasteiger partial charge in [-0.1, -0.05) is 31.4 Å². The van der Waals surface area contributed by atoms with Crippen molar-refractivity contribution in [3.8, 4) is 0 Å². The number of nitrogens with one attached hydrogen (secondary N) is 1. The highest BCUT2D eigenvalue weighted by Crippen LogP contribution is 2.26. The van der Waals surface area contributed by atoms with Crippen LogP contribution in [0.15, 0.2) is 18.2 Å². The van der Waals surface area contributed by atoms with Gasteiger partial charge in [0.1, 0.15) is 0 Å². The maximum atomic E-state index is 12.4. The number of Topliss-reactive ketones (excluding diaryl/α,β-unsaturated/α-hetero) is 1. The minimum absolute atomic E-state index is 0. The molecule has 0 aliphatic heterocycles. The number of carbonyl (C=O) groups excluding carboxylic acids is 2. The molecule has 3 rings (SSSR count). The van der Waals surface area contributed by atoms with Crippen molar-refractivity contribution in [2.45, 2.75) is 70.3 Å². The summed E-state index contributed by atoms with van der Waals surface area (Å²) >= 11 is 0. The molecule has 1 amide bonds. The number of benzene rings is 1.